The Morgan fingerprint density at radius 1 is 1.35 bits per heavy atom. The van der Waals surface area contributed by atoms with E-state index in [1.165, 1.54) is 0 Å². The number of aryl methyl sites for hydroxylation is 1. The SMILES string of the molecule is CCCCN(CC(N)=O)c1cc(C)cc(N)c1. The highest BCUT2D eigenvalue weighted by atomic mass is 16.1. The number of nitrogen functional groups attached to an aromatic ring is 1. The molecule has 0 aromatic heterocycles. The summed E-state index contributed by atoms with van der Waals surface area (Å²) in [5.41, 5.74) is 13.9. The van der Waals surface area contributed by atoms with E-state index >= 15 is 0 Å². The molecule has 0 aliphatic heterocycles. The van der Waals surface area contributed by atoms with Gasteiger partial charge in [0.25, 0.3) is 0 Å². The summed E-state index contributed by atoms with van der Waals surface area (Å²) in [5, 5.41) is 0. The molecule has 0 aliphatic carbocycles. The van der Waals surface area contributed by atoms with Crippen LogP contribution in [0.15, 0.2) is 18.2 Å². The molecule has 1 rings (SSSR count). The Bertz CT molecular complexity index is 370. The van der Waals surface area contributed by atoms with E-state index in [4.69, 9.17) is 11.5 Å². The molecule has 94 valence electrons. The third kappa shape index (κ3) is 4.34. The lowest BCUT2D eigenvalue weighted by atomic mass is 10.1. The first-order chi connectivity index (χ1) is 8.02. The average molecular weight is 235 g/mol. The lowest BCUT2D eigenvalue weighted by Crippen LogP contribution is -2.34. The number of hydrogen-bond acceptors (Lipinski definition) is 3. The van der Waals surface area contributed by atoms with E-state index in [1.807, 2.05) is 30.0 Å². The Morgan fingerprint density at radius 3 is 2.59 bits per heavy atom. The minimum absolute atomic E-state index is 0.239. The van der Waals surface area contributed by atoms with E-state index in [2.05, 4.69) is 6.92 Å². The van der Waals surface area contributed by atoms with Gasteiger partial charge in [0, 0.05) is 17.9 Å². The maximum absolute atomic E-state index is 11.1. The van der Waals surface area contributed by atoms with Gasteiger partial charge in [0.15, 0.2) is 0 Å². The van der Waals surface area contributed by atoms with Crippen molar-refractivity contribution in [3.05, 3.63) is 23.8 Å². The highest BCUT2D eigenvalue weighted by Crippen LogP contribution is 2.20. The normalized spacial score (nSPS) is 10.2. The van der Waals surface area contributed by atoms with Crippen molar-refractivity contribution in [2.45, 2.75) is 26.7 Å². The number of unbranched alkanes of at least 4 members (excludes halogenated alkanes) is 1. The molecule has 0 fully saturated rings. The number of nitrogens with zero attached hydrogens (tertiary/aromatic N) is 1. The Balaban J connectivity index is 2.90. The summed E-state index contributed by atoms with van der Waals surface area (Å²) in [6.45, 7) is 5.17. The lowest BCUT2D eigenvalue weighted by Gasteiger charge is -2.24. The van der Waals surface area contributed by atoms with Crippen LogP contribution in [0.2, 0.25) is 0 Å². The average Bonchev–Trinajstić information content (AvgIpc) is 2.22. The minimum atomic E-state index is -0.318. The second-order valence-electron chi connectivity index (χ2n) is 4.34. The molecule has 0 aliphatic rings. The zero-order valence-electron chi connectivity index (χ0n) is 10.6. The molecule has 0 bridgehead atoms. The number of amides is 1. The third-order valence-electron chi connectivity index (χ3n) is 2.58. The zero-order chi connectivity index (χ0) is 12.8. The third-order valence-corrected chi connectivity index (χ3v) is 2.58. The predicted octanol–water partition coefficient (Wildman–Crippen LogP) is 1.67. The molecule has 4 heteroatoms. The molecule has 0 heterocycles. The molecule has 0 saturated heterocycles. The Hall–Kier alpha value is -1.71. The van der Waals surface area contributed by atoms with Gasteiger partial charge in [0.2, 0.25) is 5.91 Å². The van der Waals surface area contributed by atoms with Gasteiger partial charge in [-0.2, -0.15) is 0 Å². The largest absolute Gasteiger partial charge is 0.399 e. The van der Waals surface area contributed by atoms with Gasteiger partial charge in [-0.05, 0) is 37.1 Å². The molecule has 1 aromatic carbocycles. The smallest absolute Gasteiger partial charge is 0.236 e. The van der Waals surface area contributed by atoms with Gasteiger partial charge in [-0.1, -0.05) is 13.3 Å². The van der Waals surface area contributed by atoms with Crippen molar-refractivity contribution in [2.24, 2.45) is 5.73 Å². The van der Waals surface area contributed by atoms with Crippen molar-refractivity contribution in [2.75, 3.05) is 23.7 Å². The lowest BCUT2D eigenvalue weighted by molar-refractivity contribution is -0.116. The predicted molar refractivity (Wildman–Crippen MR) is 71.9 cm³/mol. The van der Waals surface area contributed by atoms with Gasteiger partial charge in [0.05, 0.1) is 6.54 Å². The van der Waals surface area contributed by atoms with E-state index in [-0.39, 0.29) is 12.5 Å². The van der Waals surface area contributed by atoms with Crippen LogP contribution in [-0.2, 0) is 4.79 Å². The van der Waals surface area contributed by atoms with Gasteiger partial charge in [0.1, 0.15) is 0 Å². The molecular weight excluding hydrogens is 214 g/mol. The Kier molecular flexibility index (Phi) is 4.82. The first-order valence-corrected chi connectivity index (χ1v) is 5.93. The summed E-state index contributed by atoms with van der Waals surface area (Å²) in [7, 11) is 0. The molecule has 1 amide bonds. The van der Waals surface area contributed by atoms with E-state index in [9.17, 15) is 4.79 Å². The molecule has 1 aromatic rings. The minimum Gasteiger partial charge on any atom is -0.399 e. The van der Waals surface area contributed by atoms with E-state index in [0.717, 1.165) is 30.6 Å². The maximum atomic E-state index is 11.1. The highest BCUT2D eigenvalue weighted by Gasteiger charge is 2.09. The van der Waals surface area contributed by atoms with Crippen LogP contribution < -0.4 is 16.4 Å². The van der Waals surface area contributed by atoms with Crippen molar-refractivity contribution in [3.63, 3.8) is 0 Å². The summed E-state index contributed by atoms with van der Waals surface area (Å²) in [4.78, 5) is 13.0. The number of primary amides is 1. The Labute approximate surface area is 103 Å². The van der Waals surface area contributed by atoms with Gasteiger partial charge in [-0.3, -0.25) is 4.79 Å². The van der Waals surface area contributed by atoms with Crippen molar-refractivity contribution in [1.29, 1.82) is 0 Å². The number of nitrogens with two attached hydrogens (primary N) is 2. The van der Waals surface area contributed by atoms with E-state index in [1.54, 1.807) is 0 Å². The quantitative estimate of drug-likeness (QED) is 0.737. The van der Waals surface area contributed by atoms with Crippen molar-refractivity contribution < 1.29 is 4.79 Å². The second kappa shape index (κ2) is 6.13. The molecular formula is C13H21N3O. The van der Waals surface area contributed by atoms with Crippen LogP contribution in [0.5, 0.6) is 0 Å². The highest BCUT2D eigenvalue weighted by molar-refractivity contribution is 5.80. The van der Waals surface area contributed by atoms with Crippen molar-refractivity contribution in [1.82, 2.24) is 0 Å². The van der Waals surface area contributed by atoms with Crippen molar-refractivity contribution in [3.8, 4) is 0 Å². The summed E-state index contributed by atoms with van der Waals surface area (Å²) < 4.78 is 0. The molecule has 4 N–H and O–H groups in total. The number of anilines is 2. The first-order valence-electron chi connectivity index (χ1n) is 5.93. The fourth-order valence-corrected chi connectivity index (χ4v) is 1.81. The number of rotatable bonds is 6. The fourth-order valence-electron chi connectivity index (χ4n) is 1.81. The van der Waals surface area contributed by atoms with Crippen LogP contribution in [0.4, 0.5) is 11.4 Å². The number of benzene rings is 1. The second-order valence-corrected chi connectivity index (χ2v) is 4.34. The van der Waals surface area contributed by atoms with Gasteiger partial charge >= 0.3 is 0 Å². The van der Waals surface area contributed by atoms with Crippen LogP contribution in [-0.4, -0.2) is 19.0 Å². The summed E-state index contributed by atoms with van der Waals surface area (Å²) in [6, 6.07) is 5.81. The van der Waals surface area contributed by atoms with Gasteiger partial charge in [-0.15, -0.1) is 0 Å². The monoisotopic (exact) mass is 235 g/mol. The molecule has 0 unspecified atom stereocenters. The van der Waals surface area contributed by atoms with E-state index in [0.29, 0.717) is 5.69 Å². The standard InChI is InChI=1S/C13H21N3O/c1-3-4-5-16(9-13(15)17)12-7-10(2)6-11(14)8-12/h6-8H,3-5,9,14H2,1-2H3,(H2,15,17). The summed E-state index contributed by atoms with van der Waals surface area (Å²) in [6.07, 6.45) is 2.11. The zero-order valence-corrected chi connectivity index (χ0v) is 10.6. The molecule has 0 atom stereocenters. The summed E-state index contributed by atoms with van der Waals surface area (Å²) in [5.74, 6) is -0.318. The fraction of sp³-hybridized carbons (Fsp3) is 0.462. The van der Waals surface area contributed by atoms with Gasteiger partial charge < -0.3 is 16.4 Å². The molecule has 4 nitrogen and oxygen atoms in total. The Morgan fingerprint density at radius 2 is 2.06 bits per heavy atom. The first kappa shape index (κ1) is 13.4. The molecule has 0 radical (unpaired) electrons. The van der Waals surface area contributed by atoms with Crippen LogP contribution >= 0.6 is 0 Å². The van der Waals surface area contributed by atoms with Crippen molar-refractivity contribution >= 4 is 17.3 Å². The van der Waals surface area contributed by atoms with E-state index < -0.39 is 0 Å². The number of hydrogen-bond donors (Lipinski definition) is 2. The van der Waals surface area contributed by atoms with Gasteiger partial charge in [-0.25, -0.2) is 0 Å². The molecule has 0 spiro atoms. The van der Waals surface area contributed by atoms with Crippen LogP contribution in [0.1, 0.15) is 25.3 Å². The maximum Gasteiger partial charge on any atom is 0.236 e. The molecule has 17 heavy (non-hydrogen) atoms. The number of carbonyl (C=O) groups excluding carboxylic acids is 1. The number of carbonyl (C=O) groups is 1. The summed E-state index contributed by atoms with van der Waals surface area (Å²) >= 11 is 0. The van der Waals surface area contributed by atoms with Crippen LogP contribution in [0.25, 0.3) is 0 Å². The van der Waals surface area contributed by atoms with Crippen LogP contribution in [0.3, 0.4) is 0 Å². The molecule has 0 saturated carbocycles. The van der Waals surface area contributed by atoms with Crippen LogP contribution in [0, 0.1) is 6.92 Å². The topological polar surface area (TPSA) is 72.3 Å².